The van der Waals surface area contributed by atoms with Gasteiger partial charge >= 0.3 is 0 Å². The van der Waals surface area contributed by atoms with Gasteiger partial charge in [0.05, 0.1) is 0 Å². The number of likely N-dealkylation sites (tertiary alicyclic amines) is 1. The van der Waals surface area contributed by atoms with Crippen LogP contribution in [0.4, 0.5) is 0 Å². The number of nitrogens with one attached hydrogen (secondary N) is 1. The minimum Gasteiger partial charge on any atom is -0.308 e. The van der Waals surface area contributed by atoms with Crippen LogP contribution in [0.2, 0.25) is 0 Å². The van der Waals surface area contributed by atoms with Crippen molar-refractivity contribution in [2.24, 2.45) is 0 Å². The van der Waals surface area contributed by atoms with Gasteiger partial charge in [-0.15, -0.1) is 0 Å². The first-order valence-corrected chi connectivity index (χ1v) is 8.92. The van der Waals surface area contributed by atoms with Crippen molar-refractivity contribution in [1.82, 2.24) is 15.1 Å². The van der Waals surface area contributed by atoms with Crippen LogP contribution in [0.5, 0.6) is 0 Å². The number of piperidine rings is 1. The van der Waals surface area contributed by atoms with Crippen LogP contribution in [0.3, 0.4) is 0 Å². The Kier molecular flexibility index (Phi) is 4.68. The Morgan fingerprint density at radius 3 is 2.45 bits per heavy atom. The van der Waals surface area contributed by atoms with Gasteiger partial charge in [0, 0.05) is 30.7 Å². The summed E-state index contributed by atoms with van der Waals surface area (Å²) in [7, 11) is 2.27. The molecule has 3 fully saturated rings. The maximum Gasteiger partial charge on any atom is 0.0309 e. The maximum atomic E-state index is 3.96. The van der Waals surface area contributed by atoms with Gasteiger partial charge in [-0.2, -0.15) is 0 Å². The summed E-state index contributed by atoms with van der Waals surface area (Å²) >= 11 is 0. The molecule has 116 valence electrons. The molecular formula is C17H33N3. The first-order valence-electron chi connectivity index (χ1n) is 8.92. The molecule has 3 heteroatoms. The second-order valence-electron chi connectivity index (χ2n) is 7.49. The monoisotopic (exact) mass is 279 g/mol. The predicted molar refractivity (Wildman–Crippen MR) is 85.1 cm³/mol. The molecule has 3 aliphatic rings. The van der Waals surface area contributed by atoms with Gasteiger partial charge in [-0.1, -0.05) is 26.2 Å². The molecule has 3 rings (SSSR count). The van der Waals surface area contributed by atoms with Gasteiger partial charge in [-0.05, 0) is 52.2 Å². The van der Waals surface area contributed by atoms with Crippen LogP contribution < -0.4 is 5.32 Å². The molecule has 1 aliphatic carbocycles. The number of piperazine rings is 1. The quantitative estimate of drug-likeness (QED) is 0.838. The van der Waals surface area contributed by atoms with Crippen molar-refractivity contribution in [3.05, 3.63) is 0 Å². The molecule has 1 unspecified atom stereocenters. The van der Waals surface area contributed by atoms with Crippen molar-refractivity contribution < 1.29 is 0 Å². The van der Waals surface area contributed by atoms with E-state index in [0.717, 1.165) is 12.1 Å². The molecule has 0 aromatic carbocycles. The number of rotatable bonds is 2. The van der Waals surface area contributed by atoms with Gasteiger partial charge in [-0.3, -0.25) is 4.90 Å². The lowest BCUT2D eigenvalue weighted by Gasteiger charge is -2.53. The van der Waals surface area contributed by atoms with E-state index in [2.05, 4.69) is 29.1 Å². The lowest BCUT2D eigenvalue weighted by Crippen LogP contribution is -2.67. The Bertz CT molecular complexity index is 303. The second-order valence-corrected chi connectivity index (χ2v) is 7.49. The summed E-state index contributed by atoms with van der Waals surface area (Å²) in [4.78, 5) is 5.41. The highest BCUT2D eigenvalue weighted by atomic mass is 15.3. The number of hydrogen-bond donors (Lipinski definition) is 1. The van der Waals surface area contributed by atoms with E-state index < -0.39 is 0 Å². The molecule has 0 bridgehead atoms. The zero-order valence-corrected chi connectivity index (χ0v) is 13.5. The van der Waals surface area contributed by atoms with Crippen LogP contribution in [-0.2, 0) is 0 Å². The molecule has 0 aromatic heterocycles. The molecule has 0 radical (unpaired) electrons. The van der Waals surface area contributed by atoms with Gasteiger partial charge in [0.15, 0.2) is 0 Å². The third-order valence-corrected chi connectivity index (χ3v) is 6.11. The summed E-state index contributed by atoms with van der Waals surface area (Å²) in [6.45, 7) is 7.49. The summed E-state index contributed by atoms with van der Waals surface area (Å²) in [6, 6.07) is 1.62. The topological polar surface area (TPSA) is 18.5 Å². The lowest BCUT2D eigenvalue weighted by molar-refractivity contribution is 0.00312. The maximum absolute atomic E-state index is 3.96. The Morgan fingerprint density at radius 2 is 1.80 bits per heavy atom. The fourth-order valence-corrected chi connectivity index (χ4v) is 4.68. The van der Waals surface area contributed by atoms with E-state index in [1.165, 1.54) is 77.5 Å². The standard InChI is InChI=1S/C17H33N3/c1-3-15-13-18-17(9-5-4-6-10-17)14-20(15)16-7-11-19(2)12-8-16/h15-16,18H,3-14H2,1-2H3. The van der Waals surface area contributed by atoms with Crippen molar-refractivity contribution in [2.75, 3.05) is 33.2 Å². The molecule has 3 nitrogen and oxygen atoms in total. The van der Waals surface area contributed by atoms with Crippen molar-refractivity contribution in [3.63, 3.8) is 0 Å². The van der Waals surface area contributed by atoms with E-state index in [-0.39, 0.29) is 0 Å². The second kappa shape index (κ2) is 6.33. The molecule has 20 heavy (non-hydrogen) atoms. The fraction of sp³-hybridized carbons (Fsp3) is 1.00. The molecule has 2 aliphatic heterocycles. The van der Waals surface area contributed by atoms with Crippen LogP contribution in [0, 0.1) is 0 Å². The Balaban J connectivity index is 1.68. The molecule has 2 heterocycles. The van der Waals surface area contributed by atoms with Gasteiger partial charge < -0.3 is 10.2 Å². The van der Waals surface area contributed by atoms with Gasteiger partial charge in [0.1, 0.15) is 0 Å². The number of hydrogen-bond acceptors (Lipinski definition) is 3. The van der Waals surface area contributed by atoms with E-state index in [1.54, 1.807) is 0 Å². The largest absolute Gasteiger partial charge is 0.308 e. The zero-order valence-electron chi connectivity index (χ0n) is 13.5. The Morgan fingerprint density at radius 1 is 1.10 bits per heavy atom. The van der Waals surface area contributed by atoms with Crippen molar-refractivity contribution >= 4 is 0 Å². The van der Waals surface area contributed by atoms with E-state index in [1.807, 2.05) is 0 Å². The Hall–Kier alpha value is -0.120. The summed E-state index contributed by atoms with van der Waals surface area (Å²) in [5, 5.41) is 3.96. The summed E-state index contributed by atoms with van der Waals surface area (Å²) in [5.41, 5.74) is 0.466. The van der Waals surface area contributed by atoms with Crippen LogP contribution in [-0.4, -0.2) is 60.6 Å². The summed E-state index contributed by atoms with van der Waals surface area (Å²) < 4.78 is 0. The minimum atomic E-state index is 0.466. The van der Waals surface area contributed by atoms with Crippen LogP contribution in [0.15, 0.2) is 0 Å². The van der Waals surface area contributed by atoms with E-state index in [0.29, 0.717) is 5.54 Å². The smallest absolute Gasteiger partial charge is 0.0309 e. The van der Waals surface area contributed by atoms with Crippen LogP contribution in [0.1, 0.15) is 58.3 Å². The number of nitrogens with zero attached hydrogens (tertiary/aromatic N) is 2. The molecule has 0 amide bonds. The first kappa shape index (κ1) is 14.8. The van der Waals surface area contributed by atoms with E-state index in [9.17, 15) is 0 Å². The molecule has 1 saturated carbocycles. The average Bonchev–Trinajstić information content (AvgIpc) is 2.49. The highest BCUT2D eigenvalue weighted by Gasteiger charge is 2.41. The van der Waals surface area contributed by atoms with Crippen molar-refractivity contribution in [3.8, 4) is 0 Å². The Labute approximate surface area is 125 Å². The highest BCUT2D eigenvalue weighted by molar-refractivity contribution is 5.01. The van der Waals surface area contributed by atoms with Crippen molar-refractivity contribution in [2.45, 2.75) is 75.9 Å². The summed E-state index contributed by atoms with van der Waals surface area (Å²) in [5.74, 6) is 0. The predicted octanol–water partition coefficient (Wildman–Crippen LogP) is 2.47. The van der Waals surface area contributed by atoms with Gasteiger partial charge in [-0.25, -0.2) is 0 Å². The van der Waals surface area contributed by atoms with E-state index in [4.69, 9.17) is 0 Å². The highest BCUT2D eigenvalue weighted by Crippen LogP contribution is 2.34. The minimum absolute atomic E-state index is 0.466. The van der Waals surface area contributed by atoms with Gasteiger partial charge in [0.25, 0.3) is 0 Å². The molecular weight excluding hydrogens is 246 g/mol. The first-order chi connectivity index (χ1) is 9.72. The van der Waals surface area contributed by atoms with Gasteiger partial charge in [0.2, 0.25) is 0 Å². The molecule has 1 atom stereocenters. The average molecular weight is 279 g/mol. The van der Waals surface area contributed by atoms with Crippen LogP contribution >= 0.6 is 0 Å². The molecule has 0 aromatic rings. The normalized spacial score (nSPS) is 33.6. The lowest BCUT2D eigenvalue weighted by atomic mass is 9.78. The molecule has 1 spiro atoms. The molecule has 1 N–H and O–H groups in total. The third-order valence-electron chi connectivity index (χ3n) is 6.11. The molecule has 2 saturated heterocycles. The summed E-state index contributed by atoms with van der Waals surface area (Å²) in [6.07, 6.45) is 11.2. The fourth-order valence-electron chi connectivity index (χ4n) is 4.68. The van der Waals surface area contributed by atoms with E-state index >= 15 is 0 Å². The SMILES string of the molecule is CCC1CNC2(CCCCC2)CN1C1CCN(C)CC1. The van der Waals surface area contributed by atoms with Crippen molar-refractivity contribution in [1.29, 1.82) is 0 Å². The van der Waals surface area contributed by atoms with Crippen LogP contribution in [0.25, 0.3) is 0 Å². The third kappa shape index (κ3) is 3.05. The zero-order chi connectivity index (χ0) is 14.0.